The molecule has 1 aliphatic rings. The molecular weight excluding hydrogens is 519 g/mol. The molecule has 0 radical (unpaired) electrons. The van der Waals surface area contributed by atoms with Crippen molar-refractivity contribution in [3.05, 3.63) is 99.0 Å². The minimum Gasteiger partial charge on any atom is -0.483 e. The van der Waals surface area contributed by atoms with Gasteiger partial charge in [-0.05, 0) is 56.0 Å². The second-order valence-electron chi connectivity index (χ2n) is 9.97. The van der Waals surface area contributed by atoms with E-state index in [-0.39, 0.29) is 31.0 Å². The van der Waals surface area contributed by atoms with Crippen LogP contribution < -0.4 is 10.1 Å². The SMILES string of the molecule is Cc1ccc(OCC(=O)N(Cc2c(Cl)cccc2Cl)C(Cc2ccccc2)C(=O)NC2CCCC2)c(C)c1. The van der Waals surface area contributed by atoms with Crippen molar-refractivity contribution in [1.29, 1.82) is 0 Å². The van der Waals surface area contributed by atoms with Crippen molar-refractivity contribution in [2.24, 2.45) is 0 Å². The number of carbonyl (C=O) groups is 2. The first-order valence-corrected chi connectivity index (χ1v) is 13.8. The lowest BCUT2D eigenvalue weighted by molar-refractivity contribution is -0.143. The fourth-order valence-electron chi connectivity index (χ4n) is 4.96. The van der Waals surface area contributed by atoms with Crippen molar-refractivity contribution >= 4 is 35.0 Å². The number of carbonyl (C=O) groups excluding carboxylic acids is 2. The molecule has 1 N–H and O–H groups in total. The molecule has 0 spiro atoms. The Morgan fingerprint density at radius 2 is 1.66 bits per heavy atom. The van der Waals surface area contributed by atoms with Crippen molar-refractivity contribution in [3.8, 4) is 5.75 Å². The van der Waals surface area contributed by atoms with E-state index >= 15 is 0 Å². The van der Waals surface area contributed by atoms with Gasteiger partial charge in [0.15, 0.2) is 6.61 Å². The van der Waals surface area contributed by atoms with Crippen LogP contribution in [0.25, 0.3) is 0 Å². The van der Waals surface area contributed by atoms with Crippen LogP contribution in [0.15, 0.2) is 66.7 Å². The van der Waals surface area contributed by atoms with Crippen LogP contribution in [0.2, 0.25) is 10.0 Å². The number of benzene rings is 3. The van der Waals surface area contributed by atoms with Crippen LogP contribution in [0.1, 0.15) is 47.9 Å². The molecule has 3 aromatic carbocycles. The number of ether oxygens (including phenoxy) is 1. The van der Waals surface area contributed by atoms with Gasteiger partial charge in [0, 0.05) is 34.6 Å². The second kappa shape index (κ2) is 13.2. The first-order valence-electron chi connectivity index (χ1n) is 13.1. The second-order valence-corrected chi connectivity index (χ2v) is 10.8. The molecule has 1 saturated carbocycles. The summed E-state index contributed by atoms with van der Waals surface area (Å²) < 4.78 is 5.96. The van der Waals surface area contributed by atoms with Crippen molar-refractivity contribution < 1.29 is 14.3 Å². The van der Waals surface area contributed by atoms with Gasteiger partial charge in [-0.15, -0.1) is 0 Å². The fourth-order valence-corrected chi connectivity index (χ4v) is 5.48. The highest BCUT2D eigenvalue weighted by Crippen LogP contribution is 2.28. The van der Waals surface area contributed by atoms with Crippen LogP contribution in [0.4, 0.5) is 0 Å². The average Bonchev–Trinajstić information content (AvgIpc) is 3.40. The zero-order valence-electron chi connectivity index (χ0n) is 21.9. The van der Waals surface area contributed by atoms with Crippen LogP contribution in [-0.4, -0.2) is 35.4 Å². The van der Waals surface area contributed by atoms with Crippen molar-refractivity contribution in [2.45, 2.75) is 64.6 Å². The maximum absolute atomic E-state index is 13.8. The van der Waals surface area contributed by atoms with Gasteiger partial charge in [0.1, 0.15) is 11.8 Å². The molecule has 0 aliphatic heterocycles. The molecule has 38 heavy (non-hydrogen) atoms. The van der Waals surface area contributed by atoms with E-state index in [0.717, 1.165) is 42.4 Å². The maximum Gasteiger partial charge on any atom is 0.261 e. The van der Waals surface area contributed by atoms with E-state index in [9.17, 15) is 9.59 Å². The number of hydrogen-bond donors (Lipinski definition) is 1. The highest BCUT2D eigenvalue weighted by atomic mass is 35.5. The van der Waals surface area contributed by atoms with Crippen LogP contribution in [0, 0.1) is 13.8 Å². The molecule has 1 fully saturated rings. The molecule has 3 aromatic rings. The maximum atomic E-state index is 13.8. The van der Waals surface area contributed by atoms with Gasteiger partial charge < -0.3 is 15.0 Å². The predicted molar refractivity (Wildman–Crippen MR) is 153 cm³/mol. The number of nitrogens with zero attached hydrogens (tertiary/aromatic N) is 1. The quantitative estimate of drug-likeness (QED) is 0.305. The summed E-state index contributed by atoms with van der Waals surface area (Å²) >= 11 is 13.0. The molecule has 1 aliphatic carbocycles. The third-order valence-corrected chi connectivity index (χ3v) is 7.75. The summed E-state index contributed by atoms with van der Waals surface area (Å²) in [5, 5.41) is 4.09. The lowest BCUT2D eigenvalue weighted by Crippen LogP contribution is -2.53. The first-order chi connectivity index (χ1) is 18.3. The Morgan fingerprint density at radius 1 is 0.974 bits per heavy atom. The number of aryl methyl sites for hydroxylation is 2. The number of halogens is 2. The first kappa shape index (κ1) is 28.0. The summed E-state index contributed by atoms with van der Waals surface area (Å²) in [4.78, 5) is 29.2. The zero-order valence-corrected chi connectivity index (χ0v) is 23.4. The van der Waals surface area contributed by atoms with E-state index in [1.165, 1.54) is 0 Å². The highest BCUT2D eigenvalue weighted by molar-refractivity contribution is 6.36. The Balaban J connectivity index is 1.66. The lowest BCUT2D eigenvalue weighted by atomic mass is 10.0. The average molecular weight is 554 g/mol. The fraction of sp³-hybridized carbons (Fsp3) is 0.355. The van der Waals surface area contributed by atoms with Gasteiger partial charge in [0.05, 0.1) is 0 Å². The Hall–Kier alpha value is -3.02. The highest BCUT2D eigenvalue weighted by Gasteiger charge is 2.33. The molecule has 4 rings (SSSR count). The monoisotopic (exact) mass is 552 g/mol. The molecule has 7 heteroatoms. The summed E-state index contributed by atoms with van der Waals surface area (Å²) in [7, 11) is 0. The zero-order chi connectivity index (χ0) is 27.1. The summed E-state index contributed by atoms with van der Waals surface area (Å²) in [5.74, 6) is 0.141. The Bertz CT molecular complexity index is 1240. The minimum atomic E-state index is -0.763. The van der Waals surface area contributed by atoms with Crippen molar-refractivity contribution in [3.63, 3.8) is 0 Å². The van der Waals surface area contributed by atoms with E-state index in [1.807, 2.05) is 62.4 Å². The van der Waals surface area contributed by atoms with Crippen molar-refractivity contribution in [2.75, 3.05) is 6.61 Å². The van der Waals surface area contributed by atoms with E-state index < -0.39 is 6.04 Å². The van der Waals surface area contributed by atoms with Gasteiger partial charge in [-0.1, -0.05) is 90.1 Å². The number of rotatable bonds is 10. The Kier molecular flexibility index (Phi) is 9.70. The van der Waals surface area contributed by atoms with E-state index in [4.69, 9.17) is 27.9 Å². The van der Waals surface area contributed by atoms with Gasteiger partial charge in [-0.3, -0.25) is 9.59 Å². The van der Waals surface area contributed by atoms with Crippen LogP contribution in [0.3, 0.4) is 0 Å². The summed E-state index contributed by atoms with van der Waals surface area (Å²) in [6.07, 6.45) is 4.44. The standard InChI is InChI=1S/C31H34Cl2N2O3/c1-21-15-16-29(22(2)17-21)38-20-30(36)35(19-25-26(32)13-8-14-27(25)33)28(18-23-9-4-3-5-10-23)31(37)34-24-11-6-7-12-24/h3-5,8-10,13-17,24,28H,6-7,11-12,18-20H2,1-2H3,(H,34,37). The van der Waals surface area contributed by atoms with E-state index in [1.54, 1.807) is 23.1 Å². The molecule has 200 valence electrons. The van der Waals surface area contributed by atoms with Gasteiger partial charge in [-0.2, -0.15) is 0 Å². The van der Waals surface area contributed by atoms with Crippen LogP contribution >= 0.6 is 23.2 Å². The predicted octanol–water partition coefficient (Wildman–Crippen LogP) is 6.69. The number of hydrogen-bond acceptors (Lipinski definition) is 3. The molecule has 0 heterocycles. The molecule has 0 saturated heterocycles. The Morgan fingerprint density at radius 3 is 2.32 bits per heavy atom. The summed E-state index contributed by atoms with van der Waals surface area (Å²) in [6.45, 7) is 3.83. The van der Waals surface area contributed by atoms with E-state index in [0.29, 0.717) is 27.8 Å². The number of amides is 2. The van der Waals surface area contributed by atoms with Crippen LogP contribution in [-0.2, 0) is 22.6 Å². The molecule has 1 unspecified atom stereocenters. The van der Waals surface area contributed by atoms with Gasteiger partial charge in [0.25, 0.3) is 5.91 Å². The van der Waals surface area contributed by atoms with E-state index in [2.05, 4.69) is 5.32 Å². The van der Waals surface area contributed by atoms with Gasteiger partial charge in [-0.25, -0.2) is 0 Å². The minimum absolute atomic E-state index is 0.0865. The largest absolute Gasteiger partial charge is 0.483 e. The smallest absolute Gasteiger partial charge is 0.261 e. The van der Waals surface area contributed by atoms with Gasteiger partial charge >= 0.3 is 0 Å². The number of nitrogens with one attached hydrogen (secondary N) is 1. The molecular formula is C31H34Cl2N2O3. The molecule has 1 atom stereocenters. The lowest BCUT2D eigenvalue weighted by Gasteiger charge is -2.32. The molecule has 0 aromatic heterocycles. The Labute approximate surface area is 235 Å². The summed E-state index contributed by atoms with van der Waals surface area (Å²) in [5.41, 5.74) is 3.61. The molecule has 5 nitrogen and oxygen atoms in total. The molecule has 0 bridgehead atoms. The third kappa shape index (κ3) is 7.30. The molecule has 2 amide bonds. The third-order valence-electron chi connectivity index (χ3n) is 7.04. The summed E-state index contributed by atoms with van der Waals surface area (Å²) in [6, 6.07) is 20.1. The topological polar surface area (TPSA) is 58.6 Å². The normalized spacial score (nSPS) is 14.2. The van der Waals surface area contributed by atoms with Gasteiger partial charge in [0.2, 0.25) is 5.91 Å². The van der Waals surface area contributed by atoms with Crippen molar-refractivity contribution in [1.82, 2.24) is 10.2 Å². The van der Waals surface area contributed by atoms with Crippen LogP contribution in [0.5, 0.6) is 5.75 Å².